The van der Waals surface area contributed by atoms with Crippen LogP contribution in [0.5, 0.6) is 0 Å². The Morgan fingerprint density at radius 3 is 2.65 bits per heavy atom. The zero-order valence-corrected chi connectivity index (χ0v) is 12.5. The number of halogens is 1. The van der Waals surface area contributed by atoms with E-state index in [2.05, 4.69) is 10.4 Å². The maximum absolute atomic E-state index is 11.7. The lowest BCUT2D eigenvalue weighted by molar-refractivity contribution is 0.0945. The zero-order chi connectivity index (χ0) is 14.5. The molecule has 0 saturated carbocycles. The van der Waals surface area contributed by atoms with Crippen molar-refractivity contribution in [2.24, 2.45) is 5.84 Å². The van der Waals surface area contributed by atoms with Gasteiger partial charge >= 0.3 is 0 Å². The number of thioether (sulfide) groups is 1. The second kappa shape index (κ2) is 6.74. The van der Waals surface area contributed by atoms with E-state index in [0.717, 1.165) is 21.8 Å². The van der Waals surface area contributed by atoms with Crippen LogP contribution in [0.1, 0.15) is 17.4 Å². The average Bonchev–Trinajstić information content (AvgIpc) is 2.47. The van der Waals surface area contributed by atoms with Crippen molar-refractivity contribution >= 4 is 29.3 Å². The van der Waals surface area contributed by atoms with Crippen LogP contribution in [0.15, 0.2) is 41.4 Å². The number of benzene rings is 1. The largest absolute Gasteiger partial charge is 0.289 e. The number of rotatable bonds is 4. The minimum atomic E-state index is -0.386. The SMILES string of the molecule is CCSc1cc(-c2ccc(Cl)cc2)cnc1C(=O)NN. The summed E-state index contributed by atoms with van der Waals surface area (Å²) in [5.74, 6) is 5.63. The fourth-order valence-electron chi connectivity index (χ4n) is 1.75. The number of nitrogens with zero attached hydrogens (tertiary/aromatic N) is 1. The van der Waals surface area contributed by atoms with Crippen molar-refractivity contribution in [3.05, 3.63) is 47.2 Å². The van der Waals surface area contributed by atoms with Crippen molar-refractivity contribution < 1.29 is 4.79 Å². The molecule has 0 aliphatic carbocycles. The van der Waals surface area contributed by atoms with E-state index in [0.29, 0.717) is 10.7 Å². The second-order valence-electron chi connectivity index (χ2n) is 3.98. The lowest BCUT2D eigenvalue weighted by Gasteiger charge is -2.09. The maximum Gasteiger partial charge on any atom is 0.284 e. The number of nitrogen functional groups attached to an aromatic ring is 1. The summed E-state index contributed by atoms with van der Waals surface area (Å²) < 4.78 is 0. The number of hydrazine groups is 1. The Morgan fingerprint density at radius 1 is 1.35 bits per heavy atom. The van der Waals surface area contributed by atoms with Gasteiger partial charge in [0.25, 0.3) is 5.91 Å². The molecule has 3 N–H and O–H groups in total. The molecule has 2 aromatic rings. The van der Waals surface area contributed by atoms with Gasteiger partial charge in [0.1, 0.15) is 5.69 Å². The normalized spacial score (nSPS) is 10.3. The van der Waals surface area contributed by atoms with Gasteiger partial charge in [0, 0.05) is 21.7 Å². The molecule has 1 amide bonds. The van der Waals surface area contributed by atoms with Gasteiger partial charge in [-0.2, -0.15) is 0 Å². The number of nitrogens with one attached hydrogen (secondary N) is 1. The van der Waals surface area contributed by atoms with Crippen LogP contribution in [0.4, 0.5) is 0 Å². The van der Waals surface area contributed by atoms with Crippen LogP contribution in [0.3, 0.4) is 0 Å². The molecule has 1 aromatic heterocycles. The van der Waals surface area contributed by atoms with Crippen molar-refractivity contribution in [3.63, 3.8) is 0 Å². The van der Waals surface area contributed by atoms with Crippen LogP contribution >= 0.6 is 23.4 Å². The molecule has 2 rings (SSSR count). The molecule has 20 heavy (non-hydrogen) atoms. The molecule has 6 heteroatoms. The van der Waals surface area contributed by atoms with Gasteiger partial charge < -0.3 is 0 Å². The highest BCUT2D eigenvalue weighted by atomic mass is 35.5. The third-order valence-corrected chi connectivity index (χ3v) is 3.84. The number of amides is 1. The summed E-state index contributed by atoms with van der Waals surface area (Å²) in [7, 11) is 0. The molecule has 4 nitrogen and oxygen atoms in total. The number of nitrogens with two attached hydrogens (primary N) is 1. The highest BCUT2D eigenvalue weighted by molar-refractivity contribution is 7.99. The predicted octanol–water partition coefficient (Wildman–Crippen LogP) is 3.12. The van der Waals surface area contributed by atoms with Crippen LogP contribution in [-0.4, -0.2) is 16.6 Å². The molecule has 0 unspecified atom stereocenters. The highest BCUT2D eigenvalue weighted by Crippen LogP contribution is 2.28. The van der Waals surface area contributed by atoms with Crippen molar-refractivity contribution in [2.75, 3.05) is 5.75 Å². The first-order valence-electron chi connectivity index (χ1n) is 6.05. The summed E-state index contributed by atoms with van der Waals surface area (Å²) in [5, 5.41) is 0.684. The molecule has 1 aromatic carbocycles. The van der Waals surface area contributed by atoms with Gasteiger partial charge in [0.05, 0.1) is 0 Å². The zero-order valence-electron chi connectivity index (χ0n) is 10.9. The van der Waals surface area contributed by atoms with Gasteiger partial charge in [0.2, 0.25) is 0 Å². The average molecular weight is 308 g/mol. The number of hydrogen-bond acceptors (Lipinski definition) is 4. The Balaban J connectivity index is 2.43. The van der Waals surface area contributed by atoms with Gasteiger partial charge in [0.15, 0.2) is 0 Å². The first-order valence-corrected chi connectivity index (χ1v) is 7.41. The molecule has 0 fully saturated rings. The smallest absolute Gasteiger partial charge is 0.284 e. The quantitative estimate of drug-likeness (QED) is 0.394. The summed E-state index contributed by atoms with van der Waals surface area (Å²) in [6, 6.07) is 9.42. The molecule has 0 atom stereocenters. The fraction of sp³-hybridized carbons (Fsp3) is 0.143. The Morgan fingerprint density at radius 2 is 2.05 bits per heavy atom. The molecule has 104 valence electrons. The van der Waals surface area contributed by atoms with Crippen molar-refractivity contribution in [1.29, 1.82) is 0 Å². The standard InChI is InChI=1S/C14H14ClN3OS/c1-2-20-12-7-10(8-17-13(12)14(19)18-16)9-3-5-11(15)6-4-9/h3-8H,2,16H2,1H3,(H,18,19). The Labute approximate surface area is 126 Å². The van der Waals surface area contributed by atoms with Crippen molar-refractivity contribution in [3.8, 4) is 11.1 Å². The van der Waals surface area contributed by atoms with E-state index < -0.39 is 0 Å². The van der Waals surface area contributed by atoms with Crippen molar-refractivity contribution in [1.82, 2.24) is 10.4 Å². The van der Waals surface area contributed by atoms with Crippen LogP contribution in [-0.2, 0) is 0 Å². The van der Waals surface area contributed by atoms with E-state index in [-0.39, 0.29) is 5.91 Å². The summed E-state index contributed by atoms with van der Waals surface area (Å²) in [5.41, 5.74) is 4.39. The lowest BCUT2D eigenvalue weighted by atomic mass is 10.1. The third kappa shape index (κ3) is 3.30. The van der Waals surface area contributed by atoms with E-state index >= 15 is 0 Å². The maximum atomic E-state index is 11.7. The number of carbonyl (C=O) groups excluding carboxylic acids is 1. The van der Waals surface area contributed by atoms with E-state index in [4.69, 9.17) is 17.4 Å². The number of carbonyl (C=O) groups is 1. The fourth-order valence-corrected chi connectivity index (χ4v) is 2.68. The summed E-state index contributed by atoms with van der Waals surface area (Å²) in [4.78, 5) is 16.7. The Bertz CT molecular complexity index is 616. The molecular formula is C14H14ClN3OS. The Kier molecular flexibility index (Phi) is 5.00. The predicted molar refractivity (Wildman–Crippen MR) is 82.7 cm³/mol. The van der Waals surface area contributed by atoms with Gasteiger partial charge in [-0.25, -0.2) is 10.8 Å². The summed E-state index contributed by atoms with van der Waals surface area (Å²) >= 11 is 7.43. The van der Waals surface area contributed by atoms with E-state index in [1.165, 1.54) is 0 Å². The van der Waals surface area contributed by atoms with Gasteiger partial charge in [-0.05, 0) is 29.5 Å². The first-order chi connectivity index (χ1) is 9.65. The molecule has 1 heterocycles. The lowest BCUT2D eigenvalue weighted by Crippen LogP contribution is -2.31. The van der Waals surface area contributed by atoms with E-state index in [9.17, 15) is 4.79 Å². The van der Waals surface area contributed by atoms with Crippen molar-refractivity contribution in [2.45, 2.75) is 11.8 Å². The highest BCUT2D eigenvalue weighted by Gasteiger charge is 2.13. The monoisotopic (exact) mass is 307 g/mol. The van der Waals surface area contributed by atoms with Crippen LogP contribution in [0.2, 0.25) is 5.02 Å². The van der Waals surface area contributed by atoms with E-state index in [1.54, 1.807) is 18.0 Å². The van der Waals surface area contributed by atoms with E-state index in [1.807, 2.05) is 37.3 Å². The van der Waals surface area contributed by atoms with Gasteiger partial charge in [-0.3, -0.25) is 10.2 Å². The molecule has 0 aliphatic heterocycles. The first kappa shape index (κ1) is 14.8. The second-order valence-corrected chi connectivity index (χ2v) is 5.73. The minimum Gasteiger partial charge on any atom is -0.289 e. The molecular weight excluding hydrogens is 294 g/mol. The molecule has 0 bridgehead atoms. The third-order valence-electron chi connectivity index (χ3n) is 2.68. The molecule has 0 spiro atoms. The molecule has 0 saturated heterocycles. The summed E-state index contributed by atoms with van der Waals surface area (Å²) in [6.07, 6.45) is 1.66. The summed E-state index contributed by atoms with van der Waals surface area (Å²) in [6.45, 7) is 2.02. The molecule has 0 radical (unpaired) electrons. The topological polar surface area (TPSA) is 68.0 Å². The van der Waals surface area contributed by atoms with Crippen LogP contribution in [0, 0.1) is 0 Å². The number of hydrogen-bond donors (Lipinski definition) is 2. The number of pyridine rings is 1. The van der Waals surface area contributed by atoms with Crippen LogP contribution in [0.25, 0.3) is 11.1 Å². The number of aromatic nitrogens is 1. The molecule has 0 aliphatic rings. The van der Waals surface area contributed by atoms with Gasteiger partial charge in [-0.15, -0.1) is 11.8 Å². The Hall–Kier alpha value is -1.56. The van der Waals surface area contributed by atoms with Crippen LogP contribution < -0.4 is 11.3 Å². The van der Waals surface area contributed by atoms with Gasteiger partial charge in [-0.1, -0.05) is 30.7 Å². The minimum absolute atomic E-state index is 0.345.